The summed E-state index contributed by atoms with van der Waals surface area (Å²) < 4.78 is 28.4. The Balaban J connectivity index is 1.53. The number of hydrogen-bond donors (Lipinski definition) is 4. The molecule has 0 aliphatic heterocycles. The predicted molar refractivity (Wildman–Crippen MR) is 115 cm³/mol. The van der Waals surface area contributed by atoms with E-state index in [1.807, 2.05) is 0 Å². The second-order valence-corrected chi connectivity index (χ2v) is 10.6. The second kappa shape index (κ2) is 7.74. The Morgan fingerprint density at radius 3 is 2.70 bits per heavy atom. The minimum atomic E-state index is -3.70. The maximum absolute atomic E-state index is 12.8. The third kappa shape index (κ3) is 4.25. The number of carbonyl (C=O) groups is 1. The molecular weight excluding hydrogens is 402 g/mol. The molecule has 1 aromatic heterocycles. The first-order valence-corrected chi connectivity index (χ1v) is 12.0. The summed E-state index contributed by atoms with van der Waals surface area (Å²) in [5.74, 6) is 0.650. The molecule has 4 N–H and O–H groups in total. The van der Waals surface area contributed by atoms with Gasteiger partial charge in [0, 0.05) is 17.3 Å². The number of fused-ring (bicyclic) bond motifs is 1. The van der Waals surface area contributed by atoms with E-state index in [1.54, 1.807) is 13.8 Å². The summed E-state index contributed by atoms with van der Waals surface area (Å²) in [7, 11) is -3.70. The Kier molecular flexibility index (Phi) is 5.40. The van der Waals surface area contributed by atoms with Crippen molar-refractivity contribution in [2.75, 3.05) is 5.32 Å². The number of anilines is 1. The van der Waals surface area contributed by atoms with E-state index in [0.29, 0.717) is 11.5 Å². The van der Waals surface area contributed by atoms with Crippen molar-refractivity contribution in [2.24, 2.45) is 5.92 Å². The Morgan fingerprint density at radius 2 is 2.07 bits per heavy atom. The van der Waals surface area contributed by atoms with E-state index in [9.17, 15) is 14.1 Å². The van der Waals surface area contributed by atoms with Crippen molar-refractivity contribution in [1.82, 2.24) is 4.72 Å². The van der Waals surface area contributed by atoms with Gasteiger partial charge in [0.1, 0.15) is 0 Å². The number of urea groups is 1. The van der Waals surface area contributed by atoms with Gasteiger partial charge in [-0.05, 0) is 62.1 Å². The largest absolute Gasteiger partial charge is 0.452 e. The molecule has 0 saturated heterocycles. The molecule has 7 nitrogen and oxygen atoms in total. The zero-order valence-electron chi connectivity index (χ0n) is 17.4. The average molecular weight is 432 g/mol. The van der Waals surface area contributed by atoms with Gasteiger partial charge in [-0.2, -0.15) is 0 Å². The van der Waals surface area contributed by atoms with Crippen molar-refractivity contribution in [3.8, 4) is 0 Å². The molecule has 4 rings (SSSR count). The number of rotatable bonds is 6. The van der Waals surface area contributed by atoms with Crippen LogP contribution >= 0.6 is 0 Å². The average Bonchev–Trinajstić information content (AvgIpc) is 3.28. The van der Waals surface area contributed by atoms with Crippen molar-refractivity contribution < 1.29 is 18.5 Å². The van der Waals surface area contributed by atoms with Crippen molar-refractivity contribution in [3.63, 3.8) is 0 Å². The molecule has 1 aromatic carbocycles. The number of carbonyl (C=O) groups excluding carboxylic acids is 1. The second-order valence-electron chi connectivity index (χ2n) is 8.92. The summed E-state index contributed by atoms with van der Waals surface area (Å²) in [6.07, 6.45) is 8.82. The van der Waals surface area contributed by atoms with Gasteiger partial charge >= 0.3 is 6.03 Å². The normalized spacial score (nSPS) is 18.4. The molecule has 2 aromatic rings. The van der Waals surface area contributed by atoms with Crippen molar-refractivity contribution in [1.29, 1.82) is 4.78 Å². The van der Waals surface area contributed by atoms with Crippen LogP contribution in [0.3, 0.4) is 0 Å². The molecule has 162 valence electrons. The van der Waals surface area contributed by atoms with Crippen LogP contribution in [0.5, 0.6) is 0 Å². The molecule has 2 aliphatic carbocycles. The molecule has 1 fully saturated rings. The van der Waals surface area contributed by atoms with Gasteiger partial charge < -0.3 is 14.8 Å². The zero-order chi connectivity index (χ0) is 21.5. The molecule has 2 amide bonds. The maximum Gasteiger partial charge on any atom is 0.332 e. The van der Waals surface area contributed by atoms with Gasteiger partial charge in [-0.1, -0.05) is 31.4 Å². The van der Waals surface area contributed by atoms with Crippen molar-refractivity contribution in [3.05, 3.63) is 46.7 Å². The lowest BCUT2D eigenvalue weighted by molar-refractivity contribution is 0.0779. The standard InChI is InChI=1S/C22H29N3O4S/c1-22(2,27)17-12-19(29-13-17)30(23,28)25-21(26)24-20-16(11-14-5-3-6-14)10-9-15-7-4-8-18(15)20/h9-10,12-14,27H,3-8,11H2,1-2H3,(H3,23,24,25,26,28)/t30-/m1/s1. The van der Waals surface area contributed by atoms with E-state index in [4.69, 9.17) is 9.20 Å². The van der Waals surface area contributed by atoms with Crippen LogP contribution in [0.15, 0.2) is 34.0 Å². The fourth-order valence-corrected chi connectivity index (χ4v) is 5.05. The van der Waals surface area contributed by atoms with Crippen molar-refractivity contribution >= 4 is 21.6 Å². The minimum absolute atomic E-state index is 0.192. The first-order valence-electron chi connectivity index (χ1n) is 10.5. The SMILES string of the molecule is CC(C)(O)c1coc([S@](=N)(=O)NC(=O)Nc2c(CC3CCC3)ccc3c2CCC3)c1. The van der Waals surface area contributed by atoms with Crippen LogP contribution in [0.4, 0.5) is 10.5 Å². The lowest BCUT2D eigenvalue weighted by Gasteiger charge is -2.27. The molecule has 0 unspecified atom stereocenters. The number of nitrogens with one attached hydrogen (secondary N) is 3. The van der Waals surface area contributed by atoms with Crippen LogP contribution in [0.25, 0.3) is 0 Å². The monoisotopic (exact) mass is 431 g/mol. The third-order valence-corrected chi connectivity index (χ3v) is 7.40. The lowest BCUT2D eigenvalue weighted by atomic mass is 9.80. The van der Waals surface area contributed by atoms with Crippen LogP contribution in [0, 0.1) is 10.7 Å². The fourth-order valence-electron chi connectivity index (χ4n) is 4.16. The van der Waals surface area contributed by atoms with E-state index < -0.39 is 21.5 Å². The highest BCUT2D eigenvalue weighted by Crippen LogP contribution is 2.37. The van der Waals surface area contributed by atoms with Crippen molar-refractivity contribution in [2.45, 2.75) is 69.5 Å². The highest BCUT2D eigenvalue weighted by atomic mass is 32.2. The molecule has 8 heteroatoms. The Morgan fingerprint density at radius 1 is 1.30 bits per heavy atom. The number of hydrogen-bond acceptors (Lipinski definition) is 5. The first kappa shape index (κ1) is 20.9. The van der Waals surface area contributed by atoms with Crippen LogP contribution in [0.2, 0.25) is 0 Å². The summed E-state index contributed by atoms with van der Waals surface area (Å²) in [6.45, 7) is 3.13. The molecule has 0 spiro atoms. The molecule has 2 aliphatic rings. The number of furan rings is 1. The van der Waals surface area contributed by atoms with E-state index in [2.05, 4.69) is 22.2 Å². The summed E-state index contributed by atoms with van der Waals surface area (Å²) in [6, 6.07) is 4.91. The number of aliphatic hydroxyl groups is 1. The van der Waals surface area contributed by atoms with E-state index in [-0.39, 0.29) is 5.09 Å². The van der Waals surface area contributed by atoms with Crippen LogP contribution in [0.1, 0.15) is 61.8 Å². The summed E-state index contributed by atoms with van der Waals surface area (Å²) in [5.41, 5.74) is 3.51. The topological polar surface area (TPSA) is 115 Å². The molecule has 0 radical (unpaired) electrons. The number of aryl methyl sites for hydroxylation is 1. The van der Waals surface area contributed by atoms with E-state index in [1.165, 1.54) is 37.2 Å². The highest BCUT2D eigenvalue weighted by molar-refractivity contribution is 7.91. The van der Waals surface area contributed by atoms with Crippen LogP contribution in [-0.4, -0.2) is 15.3 Å². The molecule has 1 saturated carbocycles. The van der Waals surface area contributed by atoms with Crippen LogP contribution < -0.4 is 10.0 Å². The lowest BCUT2D eigenvalue weighted by Crippen LogP contribution is -2.34. The molecule has 0 bridgehead atoms. The van der Waals surface area contributed by atoms with Gasteiger partial charge in [0.15, 0.2) is 9.92 Å². The summed E-state index contributed by atoms with van der Waals surface area (Å²) >= 11 is 0. The maximum atomic E-state index is 12.8. The van der Waals surface area contributed by atoms with Gasteiger partial charge in [0.2, 0.25) is 5.09 Å². The van der Waals surface area contributed by atoms with Gasteiger partial charge in [0.05, 0.1) is 11.9 Å². The summed E-state index contributed by atoms with van der Waals surface area (Å²) in [5, 5.41) is 12.7. The van der Waals surface area contributed by atoms with Crippen LogP contribution in [-0.2, 0) is 34.8 Å². The quantitative estimate of drug-likeness (QED) is 0.540. The van der Waals surface area contributed by atoms with E-state index >= 15 is 0 Å². The number of benzene rings is 1. The predicted octanol–water partition coefficient (Wildman–Crippen LogP) is 4.48. The Labute approximate surface area is 177 Å². The Bertz CT molecular complexity index is 1060. The highest BCUT2D eigenvalue weighted by Gasteiger charge is 2.26. The molecule has 1 atom stereocenters. The molecular formula is C22H29N3O4S. The zero-order valence-corrected chi connectivity index (χ0v) is 18.2. The number of amides is 2. The fraction of sp³-hybridized carbons (Fsp3) is 0.500. The smallest absolute Gasteiger partial charge is 0.332 e. The summed E-state index contributed by atoms with van der Waals surface area (Å²) in [4.78, 5) is 12.7. The van der Waals surface area contributed by atoms with Gasteiger partial charge in [-0.25, -0.2) is 18.5 Å². The minimum Gasteiger partial charge on any atom is -0.452 e. The van der Waals surface area contributed by atoms with E-state index in [0.717, 1.165) is 42.5 Å². The third-order valence-electron chi connectivity index (χ3n) is 6.14. The first-order chi connectivity index (χ1) is 14.1. The van der Waals surface area contributed by atoms with Gasteiger partial charge in [-0.15, -0.1) is 0 Å². The van der Waals surface area contributed by atoms with Gasteiger partial charge in [0.25, 0.3) is 0 Å². The molecule has 1 heterocycles. The molecule has 30 heavy (non-hydrogen) atoms. The Hall–Kier alpha value is -2.32. The van der Waals surface area contributed by atoms with Gasteiger partial charge in [-0.3, -0.25) is 0 Å².